The molecule has 1 heterocycles. The van der Waals surface area contributed by atoms with Crippen molar-refractivity contribution in [1.29, 1.82) is 0 Å². The van der Waals surface area contributed by atoms with E-state index in [0.717, 1.165) is 5.56 Å². The highest BCUT2D eigenvalue weighted by molar-refractivity contribution is 6.30. The molecule has 3 aromatic rings. The fourth-order valence-electron chi connectivity index (χ4n) is 1.85. The van der Waals surface area contributed by atoms with Gasteiger partial charge >= 0.3 is 6.03 Å². The van der Waals surface area contributed by atoms with E-state index in [4.69, 9.17) is 11.6 Å². The normalized spacial score (nSPS) is 10.2. The Kier molecular flexibility index (Phi) is 3.97. The molecule has 2 amide bonds. The van der Waals surface area contributed by atoms with E-state index < -0.39 is 0 Å². The first-order valence-electron chi connectivity index (χ1n) is 6.38. The highest BCUT2D eigenvalue weighted by Gasteiger charge is 2.06. The summed E-state index contributed by atoms with van der Waals surface area (Å²) in [6.45, 7) is 0. The summed E-state index contributed by atoms with van der Waals surface area (Å²) < 4.78 is 0. The molecule has 2 aromatic carbocycles. The van der Waals surface area contributed by atoms with Gasteiger partial charge in [0.15, 0.2) is 0 Å². The Hall–Kier alpha value is -2.93. The molecule has 3 rings (SSSR count). The van der Waals surface area contributed by atoms with Crippen molar-refractivity contribution in [3.05, 3.63) is 53.6 Å². The van der Waals surface area contributed by atoms with Crippen LogP contribution in [0.25, 0.3) is 11.4 Å². The molecule has 22 heavy (non-hydrogen) atoms. The van der Waals surface area contributed by atoms with Gasteiger partial charge in [0.2, 0.25) is 5.82 Å². The molecule has 7 nitrogen and oxygen atoms in total. The summed E-state index contributed by atoms with van der Waals surface area (Å²) in [5.41, 5.74) is 2.02. The lowest BCUT2D eigenvalue weighted by Crippen LogP contribution is -2.19. The van der Waals surface area contributed by atoms with E-state index in [0.29, 0.717) is 22.2 Å². The van der Waals surface area contributed by atoms with Gasteiger partial charge in [-0.3, -0.25) is 0 Å². The van der Waals surface area contributed by atoms with Crippen molar-refractivity contribution in [3.8, 4) is 11.4 Å². The van der Waals surface area contributed by atoms with Crippen LogP contribution in [0.2, 0.25) is 5.02 Å². The minimum atomic E-state index is -0.354. The van der Waals surface area contributed by atoms with Gasteiger partial charge in [-0.05, 0) is 41.6 Å². The summed E-state index contributed by atoms with van der Waals surface area (Å²) in [6.07, 6.45) is 0. The van der Waals surface area contributed by atoms with Crippen molar-refractivity contribution >= 4 is 29.0 Å². The smallest absolute Gasteiger partial charge is 0.308 e. The molecule has 3 N–H and O–H groups in total. The average molecular weight is 315 g/mol. The molecule has 0 spiro atoms. The number of hydrogen-bond donors (Lipinski definition) is 3. The SMILES string of the molecule is O=C(Nc1ccc(Cl)cc1)Nc1cccc(-c2nn[nH]n2)c1. The van der Waals surface area contributed by atoms with Crippen LogP contribution in [0.15, 0.2) is 48.5 Å². The lowest BCUT2D eigenvalue weighted by atomic mass is 10.2. The zero-order chi connectivity index (χ0) is 15.4. The first-order chi connectivity index (χ1) is 10.7. The molecule has 0 aliphatic heterocycles. The van der Waals surface area contributed by atoms with Gasteiger partial charge in [0, 0.05) is 22.0 Å². The summed E-state index contributed by atoms with van der Waals surface area (Å²) in [5.74, 6) is 0.460. The van der Waals surface area contributed by atoms with E-state index in [-0.39, 0.29) is 6.03 Å². The largest absolute Gasteiger partial charge is 0.323 e. The molecule has 0 fully saturated rings. The maximum Gasteiger partial charge on any atom is 0.323 e. The first kappa shape index (κ1) is 14.0. The van der Waals surface area contributed by atoms with E-state index >= 15 is 0 Å². The van der Waals surface area contributed by atoms with Crippen LogP contribution >= 0.6 is 11.6 Å². The summed E-state index contributed by atoms with van der Waals surface area (Å²) in [5, 5.41) is 19.7. The molecule has 110 valence electrons. The number of tetrazole rings is 1. The fraction of sp³-hybridized carbons (Fsp3) is 0. The average Bonchev–Trinajstić information content (AvgIpc) is 3.04. The van der Waals surface area contributed by atoms with Crippen molar-refractivity contribution in [2.75, 3.05) is 10.6 Å². The molecule has 1 aromatic heterocycles. The second-order valence-electron chi connectivity index (χ2n) is 4.40. The number of rotatable bonds is 3. The van der Waals surface area contributed by atoms with E-state index in [2.05, 4.69) is 31.3 Å². The monoisotopic (exact) mass is 314 g/mol. The highest BCUT2D eigenvalue weighted by atomic mass is 35.5. The van der Waals surface area contributed by atoms with Gasteiger partial charge in [0.25, 0.3) is 0 Å². The summed E-state index contributed by atoms with van der Waals surface area (Å²) in [7, 11) is 0. The van der Waals surface area contributed by atoms with Crippen LogP contribution in [-0.4, -0.2) is 26.7 Å². The van der Waals surface area contributed by atoms with E-state index in [1.54, 1.807) is 42.5 Å². The number of aromatic nitrogens is 4. The molecule has 0 aliphatic rings. The van der Waals surface area contributed by atoms with E-state index in [9.17, 15) is 4.79 Å². The quantitative estimate of drug-likeness (QED) is 0.692. The second kappa shape index (κ2) is 6.23. The second-order valence-corrected chi connectivity index (χ2v) is 4.84. The third kappa shape index (κ3) is 3.39. The van der Waals surface area contributed by atoms with Crippen LogP contribution < -0.4 is 10.6 Å². The lowest BCUT2D eigenvalue weighted by Gasteiger charge is -2.08. The zero-order valence-electron chi connectivity index (χ0n) is 11.2. The molecule has 0 saturated carbocycles. The Bertz CT molecular complexity index is 772. The van der Waals surface area contributed by atoms with Crippen molar-refractivity contribution < 1.29 is 4.79 Å². The minimum absolute atomic E-state index is 0.354. The molecule has 0 radical (unpaired) electrons. The zero-order valence-corrected chi connectivity index (χ0v) is 12.0. The number of benzene rings is 2. The number of amides is 2. The Morgan fingerprint density at radius 1 is 1.05 bits per heavy atom. The Balaban J connectivity index is 1.69. The summed E-state index contributed by atoms with van der Waals surface area (Å²) in [4.78, 5) is 12.0. The van der Waals surface area contributed by atoms with Crippen molar-refractivity contribution in [1.82, 2.24) is 20.6 Å². The van der Waals surface area contributed by atoms with Gasteiger partial charge in [0.05, 0.1) is 0 Å². The molecule has 8 heteroatoms. The highest BCUT2D eigenvalue weighted by Crippen LogP contribution is 2.19. The standard InChI is InChI=1S/C14H11ClN6O/c15-10-4-6-11(7-5-10)16-14(22)17-12-3-1-2-9(8-12)13-18-20-21-19-13/h1-8H,(H2,16,17,22)(H,18,19,20,21). The maximum absolute atomic E-state index is 12.0. The van der Waals surface area contributed by atoms with Gasteiger partial charge in [0.1, 0.15) is 0 Å². The Labute approximate surface area is 130 Å². The molecule has 0 bridgehead atoms. The van der Waals surface area contributed by atoms with Crippen LogP contribution in [0, 0.1) is 0 Å². The van der Waals surface area contributed by atoms with Gasteiger partial charge in [-0.25, -0.2) is 4.79 Å². The number of halogens is 1. The van der Waals surface area contributed by atoms with Crippen molar-refractivity contribution in [2.45, 2.75) is 0 Å². The number of anilines is 2. The maximum atomic E-state index is 12.0. The summed E-state index contributed by atoms with van der Waals surface area (Å²) in [6, 6.07) is 13.6. The Morgan fingerprint density at radius 2 is 1.82 bits per heavy atom. The van der Waals surface area contributed by atoms with Gasteiger partial charge in [-0.1, -0.05) is 23.7 Å². The summed E-state index contributed by atoms with van der Waals surface area (Å²) >= 11 is 5.80. The number of carbonyl (C=O) groups is 1. The van der Waals surface area contributed by atoms with Crippen LogP contribution in [-0.2, 0) is 0 Å². The number of H-pyrrole nitrogens is 1. The van der Waals surface area contributed by atoms with Gasteiger partial charge in [-0.2, -0.15) is 5.21 Å². The van der Waals surface area contributed by atoms with Gasteiger partial charge in [-0.15, -0.1) is 10.2 Å². The van der Waals surface area contributed by atoms with Crippen LogP contribution in [0.3, 0.4) is 0 Å². The number of urea groups is 1. The molecular weight excluding hydrogens is 304 g/mol. The third-order valence-electron chi connectivity index (χ3n) is 2.83. The van der Waals surface area contributed by atoms with E-state index in [1.165, 1.54) is 0 Å². The molecule has 0 aliphatic carbocycles. The number of aromatic amines is 1. The topological polar surface area (TPSA) is 95.6 Å². The molecule has 0 unspecified atom stereocenters. The van der Waals surface area contributed by atoms with Crippen molar-refractivity contribution in [3.63, 3.8) is 0 Å². The number of nitrogens with zero attached hydrogens (tertiary/aromatic N) is 3. The third-order valence-corrected chi connectivity index (χ3v) is 3.08. The van der Waals surface area contributed by atoms with Gasteiger partial charge < -0.3 is 10.6 Å². The number of carbonyl (C=O) groups excluding carboxylic acids is 1. The number of hydrogen-bond acceptors (Lipinski definition) is 4. The van der Waals surface area contributed by atoms with Crippen molar-refractivity contribution in [2.24, 2.45) is 0 Å². The molecule has 0 atom stereocenters. The number of nitrogens with one attached hydrogen (secondary N) is 3. The van der Waals surface area contributed by atoms with Crippen LogP contribution in [0.1, 0.15) is 0 Å². The lowest BCUT2D eigenvalue weighted by molar-refractivity contribution is 0.262. The minimum Gasteiger partial charge on any atom is -0.308 e. The predicted octanol–water partition coefficient (Wildman–Crippen LogP) is 3.16. The molecule has 0 saturated heterocycles. The fourth-order valence-corrected chi connectivity index (χ4v) is 1.97. The predicted molar refractivity (Wildman–Crippen MR) is 83.7 cm³/mol. The molecular formula is C14H11ClN6O. The van der Waals surface area contributed by atoms with E-state index in [1.807, 2.05) is 6.07 Å². The Morgan fingerprint density at radius 3 is 2.55 bits per heavy atom. The van der Waals surface area contributed by atoms with Crippen LogP contribution in [0.5, 0.6) is 0 Å². The van der Waals surface area contributed by atoms with Crippen LogP contribution in [0.4, 0.5) is 16.2 Å². The first-order valence-corrected chi connectivity index (χ1v) is 6.76.